The van der Waals surface area contributed by atoms with Gasteiger partial charge < -0.3 is 15.0 Å². The van der Waals surface area contributed by atoms with Crippen molar-refractivity contribution in [1.29, 1.82) is 0 Å². The fraction of sp³-hybridized carbons (Fsp3) is 0.462. The third-order valence-electron chi connectivity index (χ3n) is 3.72. The highest BCUT2D eigenvalue weighted by molar-refractivity contribution is 5.81. The Balaban J connectivity index is 2.05. The molecule has 1 fully saturated rings. The molecule has 1 aromatic heterocycles. The van der Waals surface area contributed by atoms with E-state index >= 15 is 0 Å². The minimum absolute atomic E-state index is 0.377. The summed E-state index contributed by atoms with van der Waals surface area (Å²) in [4.78, 5) is 4.47. The third kappa shape index (κ3) is 1.52. The van der Waals surface area contributed by atoms with Crippen LogP contribution in [-0.2, 0) is 4.74 Å². The van der Waals surface area contributed by atoms with Crippen LogP contribution in [0, 0.1) is 6.92 Å². The second-order valence-electron chi connectivity index (χ2n) is 4.77. The van der Waals surface area contributed by atoms with Gasteiger partial charge in [0.1, 0.15) is 0 Å². The van der Waals surface area contributed by atoms with E-state index < -0.39 is 0 Å². The lowest BCUT2D eigenvalue weighted by Crippen LogP contribution is -2.32. The lowest BCUT2D eigenvalue weighted by atomic mass is 9.89. The summed E-state index contributed by atoms with van der Waals surface area (Å²) in [7, 11) is 1.76. The number of nitrogens with zero attached hydrogens (tertiary/aromatic N) is 2. The molecule has 0 amide bonds. The number of ether oxygens (including phenoxy) is 1. The maximum Gasteiger partial charge on any atom is 0.201 e. The van der Waals surface area contributed by atoms with Gasteiger partial charge in [-0.25, -0.2) is 4.98 Å². The molecule has 1 heterocycles. The molecule has 1 aliphatic carbocycles. The first-order chi connectivity index (χ1) is 8.20. The number of methoxy groups -OCH3 is 1. The highest BCUT2D eigenvalue weighted by atomic mass is 16.5. The molecule has 0 aliphatic heterocycles. The van der Waals surface area contributed by atoms with Crippen LogP contribution in [0.4, 0.5) is 5.95 Å². The third-order valence-corrected chi connectivity index (χ3v) is 3.72. The van der Waals surface area contributed by atoms with E-state index in [1.54, 1.807) is 7.11 Å². The second-order valence-corrected chi connectivity index (χ2v) is 4.77. The molecule has 0 saturated heterocycles. The van der Waals surface area contributed by atoms with Gasteiger partial charge in [0, 0.05) is 13.2 Å². The van der Waals surface area contributed by atoms with Crippen molar-refractivity contribution in [2.24, 2.45) is 0 Å². The highest BCUT2D eigenvalue weighted by Gasteiger charge is 2.32. The average Bonchev–Trinajstić information content (AvgIpc) is 2.57. The number of aromatic nitrogens is 2. The number of fused-ring (bicyclic) bond motifs is 1. The molecular formula is C13H17N3O. The van der Waals surface area contributed by atoms with Gasteiger partial charge in [-0.05, 0) is 31.4 Å². The number of nitrogens with two attached hydrogens (primary N) is 1. The zero-order valence-corrected chi connectivity index (χ0v) is 10.2. The first-order valence-electron chi connectivity index (χ1n) is 5.96. The van der Waals surface area contributed by atoms with Gasteiger partial charge in [0.2, 0.25) is 5.95 Å². The smallest absolute Gasteiger partial charge is 0.201 e. The molecule has 0 bridgehead atoms. The Labute approximate surface area is 100 Å². The van der Waals surface area contributed by atoms with E-state index in [0.717, 1.165) is 23.9 Å². The van der Waals surface area contributed by atoms with Gasteiger partial charge in [-0.3, -0.25) is 0 Å². The summed E-state index contributed by atoms with van der Waals surface area (Å²) in [6.07, 6.45) is 2.43. The van der Waals surface area contributed by atoms with Crippen molar-refractivity contribution in [1.82, 2.24) is 9.55 Å². The number of anilines is 1. The highest BCUT2D eigenvalue weighted by Crippen LogP contribution is 2.38. The van der Waals surface area contributed by atoms with Crippen LogP contribution in [0.25, 0.3) is 11.0 Å². The molecule has 0 unspecified atom stereocenters. The van der Waals surface area contributed by atoms with E-state index in [9.17, 15) is 0 Å². The Morgan fingerprint density at radius 1 is 1.41 bits per heavy atom. The summed E-state index contributed by atoms with van der Waals surface area (Å²) in [6.45, 7) is 2.07. The number of hydrogen-bond acceptors (Lipinski definition) is 3. The first-order valence-corrected chi connectivity index (χ1v) is 5.96. The first kappa shape index (κ1) is 10.6. The predicted molar refractivity (Wildman–Crippen MR) is 68.0 cm³/mol. The Bertz CT molecular complexity index is 555. The molecule has 0 atom stereocenters. The van der Waals surface area contributed by atoms with Gasteiger partial charge in [0.15, 0.2) is 0 Å². The van der Waals surface area contributed by atoms with Crippen molar-refractivity contribution in [2.45, 2.75) is 31.9 Å². The summed E-state index contributed by atoms with van der Waals surface area (Å²) in [5, 5.41) is 0. The van der Waals surface area contributed by atoms with Gasteiger partial charge in [0.25, 0.3) is 0 Å². The van der Waals surface area contributed by atoms with Crippen LogP contribution in [0.3, 0.4) is 0 Å². The van der Waals surface area contributed by atoms with E-state index in [0.29, 0.717) is 18.1 Å². The number of rotatable bonds is 2. The van der Waals surface area contributed by atoms with Crippen LogP contribution < -0.4 is 5.73 Å². The maximum absolute atomic E-state index is 6.03. The minimum atomic E-state index is 0.377. The number of imidazole rings is 1. The Morgan fingerprint density at radius 3 is 2.88 bits per heavy atom. The van der Waals surface area contributed by atoms with Crippen molar-refractivity contribution in [2.75, 3.05) is 12.8 Å². The summed E-state index contributed by atoms with van der Waals surface area (Å²) >= 11 is 0. The zero-order valence-electron chi connectivity index (χ0n) is 10.2. The Morgan fingerprint density at radius 2 is 2.18 bits per heavy atom. The van der Waals surface area contributed by atoms with Crippen LogP contribution in [-0.4, -0.2) is 22.8 Å². The van der Waals surface area contributed by atoms with E-state index in [-0.39, 0.29) is 0 Å². The molecule has 1 aromatic carbocycles. The maximum atomic E-state index is 6.03. The number of hydrogen-bond donors (Lipinski definition) is 1. The number of benzene rings is 1. The predicted octanol–water partition coefficient (Wildman–Crippen LogP) is 2.28. The lowest BCUT2D eigenvalue weighted by molar-refractivity contribution is 0.00798. The van der Waals surface area contributed by atoms with E-state index in [1.807, 2.05) is 0 Å². The number of nitrogen functional groups attached to an aromatic ring is 1. The number of aryl methyl sites for hydroxylation is 1. The summed E-state index contributed by atoms with van der Waals surface area (Å²) in [6, 6.07) is 6.65. The van der Waals surface area contributed by atoms with Gasteiger partial charge in [-0.1, -0.05) is 12.1 Å². The molecular weight excluding hydrogens is 214 g/mol. The second kappa shape index (κ2) is 3.74. The molecule has 2 N–H and O–H groups in total. The van der Waals surface area contributed by atoms with Crippen LogP contribution in [0.1, 0.15) is 24.4 Å². The quantitative estimate of drug-likeness (QED) is 0.862. The lowest BCUT2D eigenvalue weighted by Gasteiger charge is -2.35. The van der Waals surface area contributed by atoms with E-state index in [2.05, 4.69) is 34.7 Å². The molecule has 4 nitrogen and oxygen atoms in total. The number of para-hydroxylation sites is 1. The molecule has 1 aliphatic rings. The van der Waals surface area contributed by atoms with Crippen molar-refractivity contribution in [3.63, 3.8) is 0 Å². The summed E-state index contributed by atoms with van der Waals surface area (Å²) in [5.74, 6) is 0.619. The fourth-order valence-corrected chi connectivity index (χ4v) is 2.60. The monoisotopic (exact) mass is 231 g/mol. The Kier molecular flexibility index (Phi) is 2.33. The molecule has 3 rings (SSSR count). The van der Waals surface area contributed by atoms with Crippen LogP contribution in [0.5, 0.6) is 0 Å². The summed E-state index contributed by atoms with van der Waals surface area (Å²) in [5.41, 5.74) is 9.37. The van der Waals surface area contributed by atoms with Crippen molar-refractivity contribution < 1.29 is 4.74 Å². The normalized spacial score (nSPS) is 23.9. The summed E-state index contributed by atoms with van der Waals surface area (Å²) < 4.78 is 7.47. The van der Waals surface area contributed by atoms with Gasteiger partial charge in [0.05, 0.1) is 17.1 Å². The molecule has 90 valence electrons. The molecule has 0 spiro atoms. The van der Waals surface area contributed by atoms with E-state index in [4.69, 9.17) is 10.5 Å². The van der Waals surface area contributed by atoms with Gasteiger partial charge in [-0.2, -0.15) is 0 Å². The fourth-order valence-electron chi connectivity index (χ4n) is 2.60. The molecule has 17 heavy (non-hydrogen) atoms. The van der Waals surface area contributed by atoms with Crippen molar-refractivity contribution >= 4 is 17.0 Å². The minimum Gasteiger partial charge on any atom is -0.381 e. The zero-order chi connectivity index (χ0) is 12.0. The molecule has 4 heteroatoms. The van der Waals surface area contributed by atoms with E-state index in [1.165, 1.54) is 5.56 Å². The Hall–Kier alpha value is -1.55. The molecule has 1 saturated carbocycles. The SMILES string of the molecule is COC1CC(n2c(N)nc3c(C)cccc32)C1. The van der Waals surface area contributed by atoms with Crippen molar-refractivity contribution in [3.8, 4) is 0 Å². The van der Waals surface area contributed by atoms with Gasteiger partial charge in [-0.15, -0.1) is 0 Å². The standard InChI is InChI=1S/C13H17N3O/c1-8-4-3-5-11-12(8)15-13(14)16(11)9-6-10(7-9)17-2/h3-5,9-10H,6-7H2,1-2H3,(H2,14,15). The van der Waals surface area contributed by atoms with Crippen LogP contribution in [0.2, 0.25) is 0 Å². The molecule has 0 radical (unpaired) electrons. The van der Waals surface area contributed by atoms with Crippen LogP contribution in [0.15, 0.2) is 18.2 Å². The average molecular weight is 231 g/mol. The van der Waals surface area contributed by atoms with Crippen LogP contribution >= 0.6 is 0 Å². The topological polar surface area (TPSA) is 53.1 Å². The van der Waals surface area contributed by atoms with Gasteiger partial charge >= 0.3 is 0 Å². The largest absolute Gasteiger partial charge is 0.381 e. The van der Waals surface area contributed by atoms with Crippen molar-refractivity contribution in [3.05, 3.63) is 23.8 Å². The molecule has 2 aromatic rings.